The zero-order chi connectivity index (χ0) is 13.5. The number of halogens is 1. The van der Waals surface area contributed by atoms with E-state index in [1.54, 1.807) is 0 Å². The van der Waals surface area contributed by atoms with Crippen molar-refractivity contribution in [1.29, 1.82) is 0 Å². The molecule has 0 heterocycles. The highest BCUT2D eigenvalue weighted by molar-refractivity contribution is 9.10. The van der Waals surface area contributed by atoms with Gasteiger partial charge in [-0.25, -0.2) is 0 Å². The molecule has 0 saturated heterocycles. The lowest BCUT2D eigenvalue weighted by atomic mass is 10.1. The minimum Gasteiger partial charge on any atom is -0.354 e. The minimum atomic E-state index is 0.0943. The van der Waals surface area contributed by atoms with E-state index in [9.17, 15) is 4.79 Å². The van der Waals surface area contributed by atoms with E-state index in [0.29, 0.717) is 13.0 Å². The van der Waals surface area contributed by atoms with Crippen LogP contribution in [-0.4, -0.2) is 18.5 Å². The monoisotopic (exact) mass is 312 g/mol. The highest BCUT2D eigenvalue weighted by Crippen LogP contribution is 2.22. The largest absolute Gasteiger partial charge is 0.354 e. The number of rotatable bonds is 6. The van der Waals surface area contributed by atoms with Crippen molar-refractivity contribution in [3.05, 3.63) is 34.3 Å². The first-order valence-electron chi connectivity index (χ1n) is 6.28. The molecule has 100 valence electrons. The molecular formula is C14H21BrN2O. The molecule has 0 radical (unpaired) electrons. The molecule has 1 aromatic carbocycles. The van der Waals surface area contributed by atoms with E-state index < -0.39 is 0 Å². The predicted octanol–water partition coefficient (Wildman–Crippen LogP) is 3.01. The summed E-state index contributed by atoms with van der Waals surface area (Å²) in [4.78, 5) is 11.5. The van der Waals surface area contributed by atoms with Crippen LogP contribution in [0.25, 0.3) is 0 Å². The first-order chi connectivity index (χ1) is 8.50. The number of nitrogens with one attached hydrogen (secondary N) is 2. The second-order valence-corrected chi connectivity index (χ2v) is 5.52. The third kappa shape index (κ3) is 5.19. The van der Waals surface area contributed by atoms with Crippen molar-refractivity contribution in [2.75, 3.05) is 6.54 Å². The van der Waals surface area contributed by atoms with Gasteiger partial charge in [-0.15, -0.1) is 0 Å². The molecule has 0 bridgehead atoms. The molecule has 0 fully saturated rings. The van der Waals surface area contributed by atoms with Gasteiger partial charge in [-0.05, 0) is 32.4 Å². The van der Waals surface area contributed by atoms with Crippen LogP contribution in [0.4, 0.5) is 0 Å². The summed E-state index contributed by atoms with van der Waals surface area (Å²) in [6.45, 7) is 6.71. The number of hydrogen-bond acceptors (Lipinski definition) is 2. The Morgan fingerprint density at radius 2 is 1.94 bits per heavy atom. The lowest BCUT2D eigenvalue weighted by Gasteiger charge is -2.16. The Balaban J connectivity index is 2.36. The summed E-state index contributed by atoms with van der Waals surface area (Å²) in [6.07, 6.45) is 0.507. The van der Waals surface area contributed by atoms with Gasteiger partial charge in [0.25, 0.3) is 0 Å². The van der Waals surface area contributed by atoms with Gasteiger partial charge >= 0.3 is 0 Å². The molecule has 2 N–H and O–H groups in total. The Bertz CT molecular complexity index is 393. The zero-order valence-electron chi connectivity index (χ0n) is 11.2. The molecular weight excluding hydrogens is 292 g/mol. The Morgan fingerprint density at radius 1 is 1.28 bits per heavy atom. The van der Waals surface area contributed by atoms with Gasteiger partial charge in [0.2, 0.25) is 5.91 Å². The summed E-state index contributed by atoms with van der Waals surface area (Å²) in [5, 5.41) is 6.23. The third-order valence-electron chi connectivity index (χ3n) is 2.62. The second-order valence-electron chi connectivity index (χ2n) is 4.67. The lowest BCUT2D eigenvalue weighted by Crippen LogP contribution is -2.33. The maximum Gasteiger partial charge on any atom is 0.221 e. The van der Waals surface area contributed by atoms with Gasteiger partial charge in [0.15, 0.2) is 0 Å². The molecule has 0 spiro atoms. The van der Waals surface area contributed by atoms with E-state index >= 15 is 0 Å². The van der Waals surface area contributed by atoms with Crippen LogP contribution < -0.4 is 10.6 Å². The van der Waals surface area contributed by atoms with Crippen LogP contribution in [0, 0.1) is 0 Å². The van der Waals surface area contributed by atoms with E-state index in [-0.39, 0.29) is 18.0 Å². The molecule has 4 heteroatoms. The Hall–Kier alpha value is -0.870. The van der Waals surface area contributed by atoms with Gasteiger partial charge in [-0.1, -0.05) is 34.1 Å². The van der Waals surface area contributed by atoms with Crippen LogP contribution in [0.15, 0.2) is 28.7 Å². The molecule has 0 aromatic heterocycles. The molecule has 1 rings (SSSR count). The average Bonchev–Trinajstić information content (AvgIpc) is 2.28. The Labute approximate surface area is 117 Å². The number of hydrogen-bond donors (Lipinski definition) is 2. The van der Waals surface area contributed by atoms with Gasteiger partial charge in [0.05, 0.1) is 0 Å². The summed E-state index contributed by atoms with van der Waals surface area (Å²) in [5.74, 6) is 0.0943. The van der Waals surface area contributed by atoms with Crippen LogP contribution in [-0.2, 0) is 4.79 Å². The quantitative estimate of drug-likeness (QED) is 0.847. The van der Waals surface area contributed by atoms with Crippen molar-refractivity contribution in [2.45, 2.75) is 39.3 Å². The molecule has 0 saturated carbocycles. The van der Waals surface area contributed by atoms with Gasteiger partial charge < -0.3 is 10.6 Å². The topological polar surface area (TPSA) is 41.1 Å². The average molecular weight is 313 g/mol. The van der Waals surface area contributed by atoms with Crippen molar-refractivity contribution in [1.82, 2.24) is 10.6 Å². The number of benzene rings is 1. The van der Waals surface area contributed by atoms with Crippen LogP contribution in [0.1, 0.15) is 38.8 Å². The zero-order valence-corrected chi connectivity index (χ0v) is 12.8. The molecule has 3 nitrogen and oxygen atoms in total. The Kier molecular flexibility index (Phi) is 6.36. The number of carbonyl (C=O) groups excluding carboxylic acids is 1. The molecule has 0 aliphatic carbocycles. The smallest absolute Gasteiger partial charge is 0.221 e. The SMILES string of the molecule is CC(C)NC(=O)CCNC(C)c1ccccc1Br. The fourth-order valence-electron chi connectivity index (χ4n) is 1.73. The molecule has 1 aromatic rings. The van der Waals surface area contributed by atoms with Crippen molar-refractivity contribution in [3.8, 4) is 0 Å². The van der Waals surface area contributed by atoms with Gasteiger partial charge in [0, 0.05) is 29.5 Å². The lowest BCUT2D eigenvalue weighted by molar-refractivity contribution is -0.121. The van der Waals surface area contributed by atoms with Crippen molar-refractivity contribution < 1.29 is 4.79 Å². The standard InChI is InChI=1S/C14H21BrN2O/c1-10(2)17-14(18)8-9-16-11(3)12-6-4-5-7-13(12)15/h4-7,10-11,16H,8-9H2,1-3H3,(H,17,18). The third-order valence-corrected chi connectivity index (χ3v) is 3.35. The highest BCUT2D eigenvalue weighted by atomic mass is 79.9. The van der Waals surface area contributed by atoms with E-state index in [4.69, 9.17) is 0 Å². The number of carbonyl (C=O) groups is 1. The molecule has 1 unspecified atom stereocenters. The van der Waals surface area contributed by atoms with E-state index in [1.165, 1.54) is 5.56 Å². The first-order valence-corrected chi connectivity index (χ1v) is 7.07. The molecule has 18 heavy (non-hydrogen) atoms. The van der Waals surface area contributed by atoms with Crippen molar-refractivity contribution >= 4 is 21.8 Å². The van der Waals surface area contributed by atoms with Crippen molar-refractivity contribution in [2.24, 2.45) is 0 Å². The normalized spacial score (nSPS) is 12.5. The summed E-state index contributed by atoms with van der Waals surface area (Å²) < 4.78 is 1.09. The van der Waals surface area contributed by atoms with Crippen LogP contribution >= 0.6 is 15.9 Å². The molecule has 1 amide bonds. The Morgan fingerprint density at radius 3 is 2.56 bits per heavy atom. The van der Waals surface area contributed by atoms with Gasteiger partial charge in [0.1, 0.15) is 0 Å². The van der Waals surface area contributed by atoms with Crippen LogP contribution in [0.3, 0.4) is 0 Å². The maximum atomic E-state index is 11.5. The van der Waals surface area contributed by atoms with Gasteiger partial charge in [-0.3, -0.25) is 4.79 Å². The fourth-order valence-corrected chi connectivity index (χ4v) is 2.36. The predicted molar refractivity (Wildman–Crippen MR) is 78.5 cm³/mol. The first kappa shape index (κ1) is 15.2. The summed E-state index contributed by atoms with van der Waals surface area (Å²) in [7, 11) is 0. The summed E-state index contributed by atoms with van der Waals surface area (Å²) in [6, 6.07) is 8.56. The van der Waals surface area contributed by atoms with Gasteiger partial charge in [-0.2, -0.15) is 0 Å². The molecule has 1 atom stereocenters. The van der Waals surface area contributed by atoms with E-state index in [2.05, 4.69) is 39.6 Å². The maximum absolute atomic E-state index is 11.5. The van der Waals surface area contributed by atoms with Crippen molar-refractivity contribution in [3.63, 3.8) is 0 Å². The second kappa shape index (κ2) is 7.54. The highest BCUT2D eigenvalue weighted by Gasteiger charge is 2.09. The summed E-state index contributed by atoms with van der Waals surface area (Å²) in [5.41, 5.74) is 1.21. The van der Waals surface area contributed by atoms with E-state index in [1.807, 2.05) is 32.0 Å². The molecule has 0 aliphatic rings. The molecule has 0 aliphatic heterocycles. The van der Waals surface area contributed by atoms with E-state index in [0.717, 1.165) is 4.47 Å². The summed E-state index contributed by atoms with van der Waals surface area (Å²) >= 11 is 3.53. The minimum absolute atomic E-state index is 0.0943. The van der Waals surface area contributed by atoms with Crippen LogP contribution in [0.5, 0.6) is 0 Å². The van der Waals surface area contributed by atoms with Crippen LogP contribution in [0.2, 0.25) is 0 Å². The fraction of sp³-hybridized carbons (Fsp3) is 0.500. The number of amides is 1.